The summed E-state index contributed by atoms with van der Waals surface area (Å²) in [6.07, 6.45) is 14.3. The molecule has 2 saturated carbocycles. The van der Waals surface area contributed by atoms with E-state index in [2.05, 4.69) is 74.7 Å². The van der Waals surface area contributed by atoms with Gasteiger partial charge in [0.1, 0.15) is 17.9 Å². The first-order chi connectivity index (χ1) is 19.6. The number of benzene rings is 2. The number of rotatable bonds is 4. The second-order valence-electron chi connectivity index (χ2n) is 13.9. The van der Waals surface area contributed by atoms with E-state index in [0.717, 1.165) is 51.6 Å². The summed E-state index contributed by atoms with van der Waals surface area (Å²) in [7, 11) is 0. The molecule has 3 N–H and O–H groups in total. The summed E-state index contributed by atoms with van der Waals surface area (Å²) in [5.41, 5.74) is 4.40. The maximum Gasteiger partial charge on any atom is 0.233 e. The van der Waals surface area contributed by atoms with Crippen molar-refractivity contribution in [1.82, 2.24) is 4.90 Å². The first-order valence-corrected chi connectivity index (χ1v) is 17.2. The highest BCUT2D eigenvalue weighted by Gasteiger charge is 2.59. The van der Waals surface area contributed by atoms with E-state index in [0.29, 0.717) is 23.8 Å². The highest BCUT2D eigenvalue weighted by molar-refractivity contribution is 9.10. The summed E-state index contributed by atoms with van der Waals surface area (Å²) in [6.45, 7) is 5.19. The van der Waals surface area contributed by atoms with Gasteiger partial charge in [0.05, 0.1) is 25.7 Å². The van der Waals surface area contributed by atoms with Crippen LogP contribution in [0.3, 0.4) is 0 Å². The molecule has 3 aliphatic heterocycles. The molecule has 5 atom stereocenters. The number of carbonyl (C=O) groups is 1. The van der Waals surface area contributed by atoms with E-state index in [1.165, 1.54) is 79.0 Å². The molecule has 0 radical (unpaired) electrons. The highest BCUT2D eigenvalue weighted by atomic mass is 79.9. The van der Waals surface area contributed by atoms with E-state index < -0.39 is 0 Å². The predicted molar refractivity (Wildman–Crippen MR) is 163 cm³/mol. The van der Waals surface area contributed by atoms with Gasteiger partial charge in [-0.25, -0.2) is 0 Å². The van der Waals surface area contributed by atoms with Gasteiger partial charge in [0.15, 0.2) is 0 Å². The lowest BCUT2D eigenvalue weighted by Crippen LogP contribution is -3.17. The van der Waals surface area contributed by atoms with Gasteiger partial charge in [-0.15, -0.1) is 0 Å². The minimum atomic E-state index is -0.0450. The van der Waals surface area contributed by atoms with E-state index >= 15 is 0 Å². The Kier molecular flexibility index (Phi) is 10.7. The van der Waals surface area contributed by atoms with Crippen molar-refractivity contribution < 1.29 is 39.8 Å². The molecule has 4 nitrogen and oxygen atoms in total. The smallest absolute Gasteiger partial charge is 0.233 e. The van der Waals surface area contributed by atoms with Crippen LogP contribution in [0.5, 0.6) is 0 Å². The van der Waals surface area contributed by atoms with Crippen LogP contribution < -0.4 is 35.0 Å². The van der Waals surface area contributed by atoms with Crippen LogP contribution >= 0.6 is 15.9 Å². The fourth-order valence-electron chi connectivity index (χ4n) is 9.80. The standard InChI is InChI=1S/C35H46BrN3O.2ClH/c36-29-15-16-31-28(19-29)22-38(30-13-7-8-14-30)24-35(31)23-37-21-32(35)34(40)39-18-17-27(25-9-3-1-4-10-25)20-33(39)26-11-5-2-6-12-26;;/h1,3-4,9-10,15-16,19,26-27,30,32-33,37H,2,5-8,11-14,17-18,20-24H2;2*1H/t27-,32?,33+,35-;;/m1../s1. The number of hydrogen-bond donors (Lipinski definition) is 2. The molecule has 2 aromatic rings. The zero-order valence-corrected chi connectivity index (χ0v) is 28.0. The zero-order valence-electron chi connectivity index (χ0n) is 24.9. The SMILES string of the molecule is O=C(C1C[NH2+]C[C@]12C[NH+](C1CCCC1)Cc1cc(Br)ccc12)N1CC[C@@H](c2ccccc2)C[C@H]1C1CCCCC1.[Cl-].[Cl-]. The maximum absolute atomic E-state index is 15.0. The van der Waals surface area contributed by atoms with Gasteiger partial charge >= 0.3 is 0 Å². The molecule has 7 heteroatoms. The van der Waals surface area contributed by atoms with Crippen LogP contribution in [0.25, 0.3) is 0 Å². The van der Waals surface area contributed by atoms with Crippen molar-refractivity contribution in [3.05, 3.63) is 69.7 Å². The van der Waals surface area contributed by atoms with Gasteiger partial charge in [0, 0.05) is 22.6 Å². The van der Waals surface area contributed by atoms with Gasteiger partial charge in [-0.2, -0.15) is 0 Å². The summed E-state index contributed by atoms with van der Waals surface area (Å²) in [6, 6.07) is 19.3. The summed E-state index contributed by atoms with van der Waals surface area (Å²) in [4.78, 5) is 19.2. The molecular formula is C35H48BrCl2N3O. The molecule has 2 aromatic carbocycles. The number of halogens is 3. The van der Waals surface area contributed by atoms with Crippen LogP contribution in [0.2, 0.25) is 0 Å². The number of nitrogens with two attached hydrogens (primary N) is 1. The lowest BCUT2D eigenvalue weighted by Gasteiger charge is -2.48. The molecule has 4 fully saturated rings. The topological polar surface area (TPSA) is 41.4 Å². The van der Waals surface area contributed by atoms with Crippen LogP contribution in [0.4, 0.5) is 0 Å². The Morgan fingerprint density at radius 1 is 0.929 bits per heavy atom. The molecule has 1 spiro atoms. The fraction of sp³-hybridized carbons (Fsp3) is 0.629. The van der Waals surface area contributed by atoms with Gasteiger partial charge < -0.3 is 39.9 Å². The van der Waals surface area contributed by atoms with E-state index in [9.17, 15) is 4.79 Å². The third kappa shape index (κ3) is 6.07. The number of piperidine rings is 1. The second kappa shape index (κ2) is 13.9. The van der Waals surface area contributed by atoms with Crippen molar-refractivity contribution in [3.63, 3.8) is 0 Å². The van der Waals surface area contributed by atoms with Crippen molar-refractivity contribution in [1.29, 1.82) is 0 Å². The largest absolute Gasteiger partial charge is 1.00 e. The van der Waals surface area contributed by atoms with Crippen LogP contribution in [0.1, 0.15) is 93.2 Å². The number of fused-ring (bicyclic) bond motifs is 2. The predicted octanol–water partition coefficient (Wildman–Crippen LogP) is -1.42. The fourth-order valence-corrected chi connectivity index (χ4v) is 10.2. The molecule has 2 aliphatic carbocycles. The number of carbonyl (C=O) groups excluding carboxylic acids is 1. The summed E-state index contributed by atoms with van der Waals surface area (Å²) < 4.78 is 1.18. The van der Waals surface area contributed by atoms with Crippen LogP contribution in [0.15, 0.2) is 53.0 Å². The minimum Gasteiger partial charge on any atom is -1.00 e. The number of nitrogens with zero attached hydrogens (tertiary/aromatic N) is 1. The van der Waals surface area contributed by atoms with Gasteiger partial charge in [-0.05, 0) is 86.5 Å². The molecule has 7 rings (SSSR count). The molecule has 1 amide bonds. The Labute approximate surface area is 273 Å². The zero-order chi connectivity index (χ0) is 27.1. The number of hydrogen-bond acceptors (Lipinski definition) is 1. The van der Waals surface area contributed by atoms with Gasteiger partial charge in [-0.1, -0.05) is 71.6 Å². The van der Waals surface area contributed by atoms with Gasteiger partial charge in [0.25, 0.3) is 0 Å². The summed E-state index contributed by atoms with van der Waals surface area (Å²) in [5.74, 6) is 1.82. The monoisotopic (exact) mass is 675 g/mol. The third-order valence-electron chi connectivity index (χ3n) is 11.8. The molecule has 5 aliphatic rings. The van der Waals surface area contributed by atoms with Crippen molar-refractivity contribution >= 4 is 21.8 Å². The number of amides is 1. The molecule has 42 heavy (non-hydrogen) atoms. The number of quaternary nitrogens is 2. The van der Waals surface area contributed by atoms with E-state index in [1.807, 2.05) is 0 Å². The van der Waals surface area contributed by atoms with Gasteiger partial charge in [0.2, 0.25) is 5.91 Å². The summed E-state index contributed by atoms with van der Waals surface area (Å²) >= 11 is 3.78. The quantitative estimate of drug-likeness (QED) is 0.411. The lowest BCUT2D eigenvalue weighted by atomic mass is 9.67. The third-order valence-corrected chi connectivity index (χ3v) is 12.3. The van der Waals surface area contributed by atoms with Crippen molar-refractivity contribution in [2.45, 2.75) is 101 Å². The normalized spacial score (nSPS) is 31.8. The molecule has 3 heterocycles. The lowest BCUT2D eigenvalue weighted by molar-refractivity contribution is -0.945. The first-order valence-electron chi connectivity index (χ1n) is 16.4. The van der Waals surface area contributed by atoms with E-state index in [4.69, 9.17) is 0 Å². The number of nitrogens with one attached hydrogen (secondary N) is 1. The Morgan fingerprint density at radius 2 is 1.67 bits per heavy atom. The number of likely N-dealkylation sites (tertiary alicyclic amines) is 1. The molecule has 230 valence electrons. The Hall–Kier alpha value is -1.11. The van der Waals surface area contributed by atoms with Crippen LogP contribution in [-0.4, -0.2) is 49.1 Å². The van der Waals surface area contributed by atoms with Crippen LogP contribution in [-0.2, 0) is 16.8 Å². The maximum atomic E-state index is 15.0. The van der Waals surface area contributed by atoms with Crippen LogP contribution in [0, 0.1) is 11.8 Å². The molecule has 0 bridgehead atoms. The van der Waals surface area contributed by atoms with Gasteiger partial charge in [-0.3, -0.25) is 4.79 Å². The first kappa shape index (κ1) is 32.3. The highest BCUT2D eigenvalue weighted by Crippen LogP contribution is 2.43. The van der Waals surface area contributed by atoms with Crippen molar-refractivity contribution in [2.24, 2.45) is 11.8 Å². The van der Waals surface area contributed by atoms with Crippen molar-refractivity contribution in [2.75, 3.05) is 26.2 Å². The Morgan fingerprint density at radius 3 is 2.43 bits per heavy atom. The Bertz CT molecular complexity index is 1200. The van der Waals surface area contributed by atoms with Crippen molar-refractivity contribution in [3.8, 4) is 0 Å². The molecule has 0 aromatic heterocycles. The Balaban J connectivity index is 0.00000176. The minimum absolute atomic E-state index is 0. The average molecular weight is 678 g/mol. The molecular weight excluding hydrogens is 629 g/mol. The second-order valence-corrected chi connectivity index (χ2v) is 14.8. The van der Waals surface area contributed by atoms with E-state index in [-0.39, 0.29) is 36.1 Å². The summed E-state index contributed by atoms with van der Waals surface area (Å²) in [5, 5.41) is 2.48. The molecule has 2 saturated heterocycles. The van der Waals surface area contributed by atoms with E-state index in [1.54, 1.807) is 4.90 Å². The average Bonchev–Trinajstić information content (AvgIpc) is 3.68. The molecule has 2 unspecified atom stereocenters.